The van der Waals surface area contributed by atoms with Gasteiger partial charge in [0.15, 0.2) is 0 Å². The minimum atomic E-state index is -0.608. The van der Waals surface area contributed by atoms with Gasteiger partial charge in [-0.3, -0.25) is 4.79 Å². The van der Waals surface area contributed by atoms with Gasteiger partial charge >= 0.3 is 6.09 Å². The van der Waals surface area contributed by atoms with Crippen LogP contribution < -0.4 is 5.32 Å². The van der Waals surface area contributed by atoms with E-state index in [1.807, 2.05) is 74.2 Å². The average molecular weight is 541 g/mol. The lowest BCUT2D eigenvalue weighted by Crippen LogP contribution is -2.45. The number of amides is 2. The summed E-state index contributed by atoms with van der Waals surface area (Å²) in [5, 5.41) is 2.93. The van der Waals surface area contributed by atoms with E-state index in [2.05, 4.69) is 26.2 Å². The Morgan fingerprint density at radius 3 is 2.66 bits per heavy atom. The molecule has 186 valence electrons. The number of alkyl carbamates (subject to hydrolysis) is 1. The Morgan fingerprint density at radius 2 is 1.94 bits per heavy atom. The number of fused-ring (bicyclic) bond motifs is 1. The molecule has 2 N–H and O–H groups in total. The number of rotatable bonds is 6. The van der Waals surface area contributed by atoms with Crippen molar-refractivity contribution in [2.75, 3.05) is 13.1 Å². The number of carbonyl (C=O) groups is 2. The Morgan fingerprint density at radius 1 is 1.20 bits per heavy atom. The number of aromatic amines is 1. The number of piperidine rings is 1. The van der Waals surface area contributed by atoms with E-state index in [1.54, 1.807) is 0 Å². The number of imidazole rings is 1. The first-order valence-electron chi connectivity index (χ1n) is 12.1. The van der Waals surface area contributed by atoms with Gasteiger partial charge in [-0.05, 0) is 69.9 Å². The summed E-state index contributed by atoms with van der Waals surface area (Å²) in [6.07, 6.45) is 2.15. The molecule has 0 spiro atoms. The van der Waals surface area contributed by atoms with Crippen molar-refractivity contribution in [3.05, 3.63) is 64.4 Å². The molecule has 1 saturated heterocycles. The van der Waals surface area contributed by atoms with Gasteiger partial charge in [-0.1, -0.05) is 40.2 Å². The van der Waals surface area contributed by atoms with Crippen LogP contribution in [0.25, 0.3) is 11.0 Å². The molecule has 1 aromatic heterocycles. The van der Waals surface area contributed by atoms with Crippen molar-refractivity contribution < 1.29 is 14.3 Å². The molecule has 0 radical (unpaired) electrons. The van der Waals surface area contributed by atoms with Gasteiger partial charge in [0.1, 0.15) is 11.4 Å². The SMILES string of the molecule is CC(C)(C)OC(=O)NC(CC(=O)N1CCCC(c2nc3ccccc3[nH]2)C1)Cc1ccc(Br)cc1. The van der Waals surface area contributed by atoms with E-state index in [0.717, 1.165) is 39.7 Å². The van der Waals surface area contributed by atoms with Crippen molar-refractivity contribution >= 4 is 39.0 Å². The van der Waals surface area contributed by atoms with Crippen LogP contribution in [0.15, 0.2) is 53.0 Å². The van der Waals surface area contributed by atoms with Gasteiger partial charge in [-0.15, -0.1) is 0 Å². The van der Waals surface area contributed by atoms with Crippen molar-refractivity contribution in [2.24, 2.45) is 0 Å². The molecule has 1 fully saturated rings. The molecule has 3 aromatic rings. The second-order valence-electron chi connectivity index (χ2n) is 10.2. The molecule has 0 aliphatic carbocycles. The van der Waals surface area contributed by atoms with Crippen LogP contribution in [0.1, 0.15) is 57.3 Å². The first-order valence-corrected chi connectivity index (χ1v) is 12.9. The van der Waals surface area contributed by atoms with Crippen molar-refractivity contribution in [3.63, 3.8) is 0 Å². The van der Waals surface area contributed by atoms with Gasteiger partial charge < -0.3 is 19.9 Å². The number of benzene rings is 2. The van der Waals surface area contributed by atoms with E-state index in [0.29, 0.717) is 19.5 Å². The molecule has 2 unspecified atom stereocenters. The van der Waals surface area contributed by atoms with Crippen LogP contribution >= 0.6 is 15.9 Å². The maximum Gasteiger partial charge on any atom is 0.407 e. The minimum absolute atomic E-state index is 0.0315. The molecule has 1 aliphatic rings. The molecule has 2 amide bonds. The maximum atomic E-state index is 13.4. The first kappa shape index (κ1) is 25.2. The second kappa shape index (κ2) is 10.8. The quantitative estimate of drug-likeness (QED) is 0.428. The third-order valence-electron chi connectivity index (χ3n) is 6.11. The van der Waals surface area contributed by atoms with Gasteiger partial charge in [-0.25, -0.2) is 9.78 Å². The normalized spacial score (nSPS) is 17.3. The number of ether oxygens (including phenoxy) is 1. The summed E-state index contributed by atoms with van der Waals surface area (Å²) in [4.78, 5) is 36.0. The highest BCUT2D eigenvalue weighted by Crippen LogP contribution is 2.27. The van der Waals surface area contributed by atoms with Crippen LogP contribution in [0, 0.1) is 0 Å². The zero-order chi connectivity index (χ0) is 25.0. The van der Waals surface area contributed by atoms with Crippen LogP contribution in [0.5, 0.6) is 0 Å². The predicted octanol–water partition coefficient (Wildman–Crippen LogP) is 5.56. The van der Waals surface area contributed by atoms with Gasteiger partial charge in [0.05, 0.1) is 11.0 Å². The fraction of sp³-hybridized carbons (Fsp3) is 0.444. The van der Waals surface area contributed by atoms with Gasteiger partial charge in [-0.2, -0.15) is 0 Å². The lowest BCUT2D eigenvalue weighted by Gasteiger charge is -2.33. The summed E-state index contributed by atoms with van der Waals surface area (Å²) in [6.45, 7) is 6.82. The number of halogens is 1. The summed E-state index contributed by atoms with van der Waals surface area (Å²) < 4.78 is 6.45. The monoisotopic (exact) mass is 540 g/mol. The Hall–Kier alpha value is -2.87. The van der Waals surface area contributed by atoms with Crippen LogP contribution in [0.2, 0.25) is 0 Å². The van der Waals surface area contributed by atoms with Crippen LogP contribution in [-0.2, 0) is 16.0 Å². The highest BCUT2D eigenvalue weighted by atomic mass is 79.9. The highest BCUT2D eigenvalue weighted by molar-refractivity contribution is 9.10. The fourth-order valence-electron chi connectivity index (χ4n) is 4.49. The molecule has 2 heterocycles. The first-order chi connectivity index (χ1) is 16.7. The molecule has 1 aliphatic heterocycles. The molecule has 0 saturated carbocycles. The topological polar surface area (TPSA) is 87.3 Å². The lowest BCUT2D eigenvalue weighted by atomic mass is 9.96. The van der Waals surface area contributed by atoms with Crippen molar-refractivity contribution in [1.82, 2.24) is 20.2 Å². The summed E-state index contributed by atoms with van der Waals surface area (Å²) in [6, 6.07) is 15.5. The Bertz CT molecular complexity index is 1140. The van der Waals surface area contributed by atoms with E-state index in [1.165, 1.54) is 0 Å². The maximum absolute atomic E-state index is 13.4. The Balaban J connectivity index is 1.44. The Labute approximate surface area is 214 Å². The van der Waals surface area contributed by atoms with E-state index >= 15 is 0 Å². The number of hydrogen-bond donors (Lipinski definition) is 2. The van der Waals surface area contributed by atoms with Crippen LogP contribution in [0.4, 0.5) is 4.79 Å². The molecule has 7 nitrogen and oxygen atoms in total. The van der Waals surface area contributed by atoms with Crippen molar-refractivity contribution in [3.8, 4) is 0 Å². The lowest BCUT2D eigenvalue weighted by molar-refractivity contribution is -0.132. The summed E-state index contributed by atoms with van der Waals surface area (Å²) in [5.41, 5.74) is 2.40. The summed E-state index contributed by atoms with van der Waals surface area (Å²) >= 11 is 3.46. The largest absolute Gasteiger partial charge is 0.444 e. The number of H-pyrrole nitrogens is 1. The molecule has 8 heteroatoms. The van der Waals surface area contributed by atoms with E-state index in [4.69, 9.17) is 9.72 Å². The summed E-state index contributed by atoms with van der Waals surface area (Å²) in [5.74, 6) is 1.13. The molecular formula is C27H33BrN4O3. The van der Waals surface area contributed by atoms with E-state index in [9.17, 15) is 9.59 Å². The molecular weight excluding hydrogens is 508 g/mol. The van der Waals surface area contributed by atoms with Crippen LogP contribution in [-0.4, -0.2) is 51.6 Å². The number of nitrogens with one attached hydrogen (secondary N) is 2. The standard InChI is InChI=1S/C27H33BrN4O3/c1-27(2,3)35-26(34)29-21(15-18-10-12-20(28)13-11-18)16-24(33)32-14-6-7-19(17-32)25-30-22-8-4-5-9-23(22)31-25/h4-5,8-13,19,21H,6-7,14-17H2,1-3H3,(H,29,34)(H,30,31). The van der Waals surface area contributed by atoms with Crippen molar-refractivity contribution in [2.45, 2.75) is 64.0 Å². The van der Waals surface area contributed by atoms with Gasteiger partial charge in [0.25, 0.3) is 0 Å². The number of likely N-dealkylation sites (tertiary alicyclic amines) is 1. The number of para-hydroxylation sites is 2. The molecule has 0 bridgehead atoms. The molecule has 4 rings (SSSR count). The molecule has 2 aromatic carbocycles. The number of hydrogen-bond acceptors (Lipinski definition) is 4. The van der Waals surface area contributed by atoms with Gasteiger partial charge in [0, 0.05) is 35.9 Å². The smallest absolute Gasteiger partial charge is 0.407 e. The highest BCUT2D eigenvalue weighted by Gasteiger charge is 2.29. The fourth-order valence-corrected chi connectivity index (χ4v) is 4.75. The second-order valence-corrected chi connectivity index (χ2v) is 11.1. The molecule has 35 heavy (non-hydrogen) atoms. The molecule has 2 atom stereocenters. The van der Waals surface area contributed by atoms with E-state index < -0.39 is 11.7 Å². The third kappa shape index (κ3) is 7.07. The zero-order valence-corrected chi connectivity index (χ0v) is 22.1. The minimum Gasteiger partial charge on any atom is -0.444 e. The van der Waals surface area contributed by atoms with Crippen molar-refractivity contribution in [1.29, 1.82) is 0 Å². The summed E-state index contributed by atoms with van der Waals surface area (Å²) in [7, 11) is 0. The van der Waals surface area contributed by atoms with Gasteiger partial charge in [0.2, 0.25) is 5.91 Å². The Kier molecular flexibility index (Phi) is 7.79. The number of aromatic nitrogens is 2. The van der Waals surface area contributed by atoms with E-state index in [-0.39, 0.29) is 24.3 Å². The third-order valence-corrected chi connectivity index (χ3v) is 6.63. The predicted molar refractivity (Wildman–Crippen MR) is 140 cm³/mol. The zero-order valence-electron chi connectivity index (χ0n) is 20.5. The van der Waals surface area contributed by atoms with Crippen LogP contribution in [0.3, 0.4) is 0 Å². The number of nitrogens with zero attached hydrogens (tertiary/aromatic N) is 2. The average Bonchev–Trinajstić information content (AvgIpc) is 3.24. The number of carbonyl (C=O) groups excluding carboxylic acids is 2.